The summed E-state index contributed by atoms with van der Waals surface area (Å²) in [6.07, 6.45) is 3.06. The number of hydrogen-bond donors (Lipinski definition) is 1. The van der Waals surface area contributed by atoms with Gasteiger partial charge in [0.05, 0.1) is 24.6 Å². The van der Waals surface area contributed by atoms with Crippen LogP contribution in [0.1, 0.15) is 31.2 Å². The fourth-order valence-corrected chi connectivity index (χ4v) is 3.80. The number of hydrogen-bond acceptors (Lipinski definition) is 4. The van der Waals surface area contributed by atoms with E-state index in [0.29, 0.717) is 30.5 Å². The number of rotatable bonds is 8. The van der Waals surface area contributed by atoms with Gasteiger partial charge < -0.3 is 14.6 Å². The Labute approximate surface area is 181 Å². The maximum atomic E-state index is 13.8. The first-order chi connectivity index (χ1) is 14.9. The Balaban J connectivity index is 1.57. The first kappa shape index (κ1) is 22.7. The molecule has 166 valence electrons. The fraction of sp³-hybridized carbons (Fsp3) is 0.417. The number of ether oxygens (including phenoxy) is 2. The summed E-state index contributed by atoms with van der Waals surface area (Å²) in [5.74, 6) is -0.808. The number of aryl methyl sites for hydroxylation is 1. The maximum Gasteiger partial charge on any atom is 0.418 e. The van der Waals surface area contributed by atoms with Crippen LogP contribution in [0.25, 0.3) is 0 Å². The smallest absolute Gasteiger partial charge is 0.418 e. The SMILES string of the molecule is Cc1ccc(N(C(=O)OCC2CCC(COCC(=O)O)CC2)c2cccc(F)c2)cc1. The summed E-state index contributed by atoms with van der Waals surface area (Å²) in [4.78, 5) is 24.9. The van der Waals surface area contributed by atoms with E-state index in [4.69, 9.17) is 14.6 Å². The lowest BCUT2D eigenvalue weighted by Crippen LogP contribution is -2.30. The van der Waals surface area contributed by atoms with E-state index in [0.717, 1.165) is 31.2 Å². The number of benzene rings is 2. The van der Waals surface area contributed by atoms with E-state index in [1.807, 2.05) is 31.2 Å². The van der Waals surface area contributed by atoms with Crippen molar-refractivity contribution in [2.24, 2.45) is 11.8 Å². The molecule has 0 radical (unpaired) electrons. The van der Waals surface area contributed by atoms with E-state index in [2.05, 4.69) is 0 Å². The summed E-state index contributed by atoms with van der Waals surface area (Å²) in [6.45, 7) is 2.42. The number of carboxylic acids is 1. The highest BCUT2D eigenvalue weighted by atomic mass is 19.1. The zero-order chi connectivity index (χ0) is 22.2. The van der Waals surface area contributed by atoms with Crippen molar-refractivity contribution >= 4 is 23.4 Å². The van der Waals surface area contributed by atoms with Crippen molar-refractivity contribution < 1.29 is 28.6 Å². The molecule has 6 nitrogen and oxygen atoms in total. The predicted molar refractivity (Wildman–Crippen MR) is 115 cm³/mol. The van der Waals surface area contributed by atoms with E-state index in [1.165, 1.54) is 17.0 Å². The minimum atomic E-state index is -0.961. The van der Waals surface area contributed by atoms with Crippen LogP contribution in [0.2, 0.25) is 0 Å². The molecule has 2 aromatic carbocycles. The van der Waals surface area contributed by atoms with Gasteiger partial charge >= 0.3 is 12.1 Å². The van der Waals surface area contributed by atoms with Gasteiger partial charge in [-0.25, -0.2) is 18.9 Å². The zero-order valence-electron chi connectivity index (χ0n) is 17.6. The number of carbonyl (C=O) groups is 2. The van der Waals surface area contributed by atoms with E-state index in [-0.39, 0.29) is 12.5 Å². The van der Waals surface area contributed by atoms with Gasteiger partial charge in [0.25, 0.3) is 0 Å². The number of carbonyl (C=O) groups excluding carboxylic acids is 1. The van der Waals surface area contributed by atoms with Crippen LogP contribution in [0, 0.1) is 24.6 Å². The molecule has 0 aromatic heterocycles. The summed E-state index contributed by atoms with van der Waals surface area (Å²) in [7, 11) is 0. The lowest BCUT2D eigenvalue weighted by atomic mass is 9.83. The third kappa shape index (κ3) is 6.79. The summed E-state index contributed by atoms with van der Waals surface area (Å²) in [5.41, 5.74) is 2.08. The molecule has 7 heteroatoms. The maximum absolute atomic E-state index is 13.8. The van der Waals surface area contributed by atoms with Crippen LogP contribution in [-0.2, 0) is 14.3 Å². The molecule has 0 unspecified atom stereocenters. The van der Waals surface area contributed by atoms with Crippen molar-refractivity contribution in [1.29, 1.82) is 0 Å². The van der Waals surface area contributed by atoms with Gasteiger partial charge in [-0.2, -0.15) is 0 Å². The number of anilines is 2. The molecule has 3 rings (SSSR count). The van der Waals surface area contributed by atoms with Crippen LogP contribution in [0.15, 0.2) is 48.5 Å². The summed E-state index contributed by atoms with van der Waals surface area (Å²) in [5, 5.41) is 8.65. The van der Waals surface area contributed by atoms with Crippen molar-refractivity contribution in [2.45, 2.75) is 32.6 Å². The molecule has 31 heavy (non-hydrogen) atoms. The molecule has 0 spiro atoms. The largest absolute Gasteiger partial charge is 0.480 e. The molecule has 1 saturated carbocycles. The third-order valence-corrected chi connectivity index (χ3v) is 5.53. The van der Waals surface area contributed by atoms with Gasteiger partial charge in [-0.1, -0.05) is 23.8 Å². The normalized spacial score (nSPS) is 18.4. The van der Waals surface area contributed by atoms with Crippen molar-refractivity contribution in [1.82, 2.24) is 0 Å². The second kappa shape index (κ2) is 10.9. The van der Waals surface area contributed by atoms with Gasteiger partial charge in [-0.3, -0.25) is 0 Å². The van der Waals surface area contributed by atoms with E-state index >= 15 is 0 Å². The van der Waals surface area contributed by atoms with Gasteiger partial charge in [0.1, 0.15) is 12.4 Å². The molecule has 1 amide bonds. The highest BCUT2D eigenvalue weighted by molar-refractivity contribution is 5.96. The number of halogens is 1. The Hall–Kier alpha value is -2.93. The number of aliphatic carboxylic acids is 1. The molecule has 0 heterocycles. The summed E-state index contributed by atoms with van der Waals surface area (Å²) < 4.78 is 24.6. The molecule has 2 aromatic rings. The second-order valence-corrected chi connectivity index (χ2v) is 8.02. The Kier molecular flexibility index (Phi) is 8.00. The Morgan fingerprint density at radius 1 is 1.00 bits per heavy atom. The monoisotopic (exact) mass is 429 g/mol. The zero-order valence-corrected chi connectivity index (χ0v) is 17.6. The second-order valence-electron chi connectivity index (χ2n) is 8.02. The van der Waals surface area contributed by atoms with E-state index in [9.17, 15) is 14.0 Å². The highest BCUT2D eigenvalue weighted by Crippen LogP contribution is 2.31. The van der Waals surface area contributed by atoms with E-state index < -0.39 is 17.9 Å². The van der Waals surface area contributed by atoms with Crippen LogP contribution < -0.4 is 4.90 Å². The van der Waals surface area contributed by atoms with Crippen molar-refractivity contribution in [3.63, 3.8) is 0 Å². The van der Waals surface area contributed by atoms with Crippen LogP contribution in [0.4, 0.5) is 20.6 Å². The first-order valence-electron chi connectivity index (χ1n) is 10.5. The Morgan fingerprint density at radius 3 is 2.26 bits per heavy atom. The van der Waals surface area contributed by atoms with Crippen LogP contribution in [0.5, 0.6) is 0 Å². The number of amides is 1. The lowest BCUT2D eigenvalue weighted by Gasteiger charge is -2.29. The van der Waals surface area contributed by atoms with Gasteiger partial charge in [-0.15, -0.1) is 0 Å². The molecule has 1 aliphatic carbocycles. The average Bonchev–Trinajstić information content (AvgIpc) is 2.74. The predicted octanol–water partition coefficient (Wildman–Crippen LogP) is 5.32. The minimum Gasteiger partial charge on any atom is -0.480 e. The van der Waals surface area contributed by atoms with Crippen molar-refractivity contribution in [3.8, 4) is 0 Å². The van der Waals surface area contributed by atoms with E-state index in [1.54, 1.807) is 12.1 Å². The van der Waals surface area contributed by atoms with Gasteiger partial charge in [0.2, 0.25) is 0 Å². The van der Waals surface area contributed by atoms with Crippen LogP contribution >= 0.6 is 0 Å². The standard InChI is InChI=1S/C24H28FNO5/c1-17-5-11-21(12-6-17)26(22-4-2-3-20(25)13-22)24(29)31-15-19-9-7-18(8-10-19)14-30-16-23(27)28/h2-6,11-13,18-19H,7-10,14-16H2,1H3,(H,27,28). The van der Waals surface area contributed by atoms with Gasteiger partial charge in [0, 0.05) is 0 Å². The van der Waals surface area contributed by atoms with Crippen LogP contribution in [-0.4, -0.2) is 37.0 Å². The quantitative estimate of drug-likeness (QED) is 0.615. The molecule has 1 fully saturated rings. The average molecular weight is 429 g/mol. The molecule has 0 saturated heterocycles. The Bertz CT molecular complexity index is 878. The summed E-state index contributed by atoms with van der Waals surface area (Å²) in [6, 6.07) is 13.3. The number of carboxylic acid groups (broad SMARTS) is 1. The van der Waals surface area contributed by atoms with Gasteiger partial charge in [-0.05, 0) is 74.8 Å². The molecular formula is C24H28FNO5. The fourth-order valence-electron chi connectivity index (χ4n) is 3.80. The minimum absolute atomic E-state index is 0.243. The number of nitrogens with zero attached hydrogens (tertiary/aromatic N) is 1. The molecule has 1 aliphatic rings. The third-order valence-electron chi connectivity index (χ3n) is 5.53. The molecular weight excluding hydrogens is 401 g/mol. The molecule has 0 bridgehead atoms. The van der Waals surface area contributed by atoms with Crippen LogP contribution in [0.3, 0.4) is 0 Å². The Morgan fingerprint density at radius 2 is 1.65 bits per heavy atom. The highest BCUT2D eigenvalue weighted by Gasteiger charge is 2.25. The van der Waals surface area contributed by atoms with Gasteiger partial charge in [0.15, 0.2) is 0 Å². The lowest BCUT2D eigenvalue weighted by molar-refractivity contribution is -0.142. The van der Waals surface area contributed by atoms with Crippen molar-refractivity contribution in [3.05, 3.63) is 59.9 Å². The van der Waals surface area contributed by atoms with Crippen molar-refractivity contribution in [2.75, 3.05) is 24.7 Å². The first-order valence-corrected chi connectivity index (χ1v) is 10.5. The molecule has 1 N–H and O–H groups in total. The molecule has 0 atom stereocenters. The summed E-state index contributed by atoms with van der Waals surface area (Å²) >= 11 is 0. The topological polar surface area (TPSA) is 76.1 Å². The molecule has 0 aliphatic heterocycles.